The van der Waals surface area contributed by atoms with Gasteiger partial charge in [0.25, 0.3) is 0 Å². The minimum atomic E-state index is 0.0347. The van der Waals surface area contributed by atoms with E-state index in [1.54, 1.807) is 0 Å². The predicted octanol–water partition coefficient (Wildman–Crippen LogP) is 7.94. The normalized spacial score (nSPS) is 32.6. The molecule has 3 aliphatic rings. The minimum Gasteiger partial charge on any atom is -0.508 e. The standard InChI is InChI=1S/C30H46O3/c1-4-5-6-7-8-9-10-11-12-28(32)33-27-16-15-26-29-21(2)19-22-20-23(31)13-14-24(22)25(29)17-18-30(26,27)3/h13-14,20-21,25-27,29,31H,4-12,15-19H2,1-3H3/t21-,25?,26?,27+,29?,30+/m1/s1. The Bertz CT molecular complexity index is 802. The number of rotatable bonds is 10. The molecule has 0 heterocycles. The van der Waals surface area contributed by atoms with E-state index in [2.05, 4.69) is 26.8 Å². The van der Waals surface area contributed by atoms with Gasteiger partial charge < -0.3 is 9.84 Å². The molecule has 0 aromatic heterocycles. The fourth-order valence-corrected chi connectivity index (χ4v) is 7.73. The van der Waals surface area contributed by atoms with Crippen LogP contribution in [0.25, 0.3) is 0 Å². The summed E-state index contributed by atoms with van der Waals surface area (Å²) in [5.74, 6) is 2.93. The molecule has 1 aromatic carbocycles. The van der Waals surface area contributed by atoms with Crippen LogP contribution in [0.4, 0.5) is 0 Å². The molecule has 0 spiro atoms. The summed E-state index contributed by atoms with van der Waals surface area (Å²) in [6.07, 6.45) is 16.3. The maximum absolute atomic E-state index is 12.7. The number of aromatic hydroxyl groups is 1. The van der Waals surface area contributed by atoms with Crippen LogP contribution in [0, 0.1) is 23.2 Å². The third-order valence-corrected chi connectivity index (χ3v) is 9.48. The number of fused-ring (bicyclic) bond motifs is 5. The van der Waals surface area contributed by atoms with Crippen LogP contribution in [0.15, 0.2) is 18.2 Å². The van der Waals surface area contributed by atoms with Gasteiger partial charge in [0.2, 0.25) is 0 Å². The van der Waals surface area contributed by atoms with Crippen molar-refractivity contribution in [2.45, 2.75) is 123 Å². The predicted molar refractivity (Wildman–Crippen MR) is 134 cm³/mol. The highest BCUT2D eigenvalue weighted by atomic mass is 16.5. The highest BCUT2D eigenvalue weighted by molar-refractivity contribution is 5.69. The number of esters is 1. The average molecular weight is 455 g/mol. The van der Waals surface area contributed by atoms with Crippen LogP contribution in [0.2, 0.25) is 0 Å². The minimum absolute atomic E-state index is 0.0347. The summed E-state index contributed by atoms with van der Waals surface area (Å²) >= 11 is 0. The zero-order valence-corrected chi connectivity index (χ0v) is 21.3. The monoisotopic (exact) mass is 454 g/mol. The molecule has 33 heavy (non-hydrogen) atoms. The molecule has 3 heteroatoms. The molecule has 0 radical (unpaired) electrons. The summed E-state index contributed by atoms with van der Waals surface area (Å²) in [5, 5.41) is 9.97. The lowest BCUT2D eigenvalue weighted by Gasteiger charge is -2.52. The van der Waals surface area contributed by atoms with E-state index in [1.165, 1.54) is 62.5 Å². The molecule has 0 amide bonds. The molecular formula is C30H46O3. The molecule has 0 aliphatic heterocycles. The Morgan fingerprint density at radius 1 is 1.06 bits per heavy atom. The van der Waals surface area contributed by atoms with E-state index in [0.717, 1.165) is 32.1 Å². The number of carbonyl (C=O) groups excluding carboxylic acids is 1. The molecule has 2 saturated carbocycles. The van der Waals surface area contributed by atoms with Crippen molar-refractivity contribution in [2.75, 3.05) is 0 Å². The summed E-state index contributed by atoms with van der Waals surface area (Å²) in [7, 11) is 0. The molecule has 1 N–H and O–H groups in total. The van der Waals surface area contributed by atoms with Gasteiger partial charge in [0.15, 0.2) is 0 Å². The van der Waals surface area contributed by atoms with Gasteiger partial charge in [-0.05, 0) is 85.5 Å². The van der Waals surface area contributed by atoms with Crippen molar-refractivity contribution < 1.29 is 14.6 Å². The quantitative estimate of drug-likeness (QED) is 0.288. The Morgan fingerprint density at radius 2 is 1.79 bits per heavy atom. The molecule has 1 aromatic rings. The van der Waals surface area contributed by atoms with Gasteiger partial charge in [-0.25, -0.2) is 0 Å². The van der Waals surface area contributed by atoms with Gasteiger partial charge in [0.05, 0.1) is 0 Å². The summed E-state index contributed by atoms with van der Waals surface area (Å²) in [6, 6.07) is 6.03. The second-order valence-corrected chi connectivity index (χ2v) is 11.7. The third kappa shape index (κ3) is 5.28. The van der Waals surface area contributed by atoms with E-state index in [1.807, 2.05) is 12.1 Å². The van der Waals surface area contributed by atoms with E-state index in [4.69, 9.17) is 4.74 Å². The van der Waals surface area contributed by atoms with Crippen molar-refractivity contribution >= 4 is 5.97 Å². The first-order valence-electron chi connectivity index (χ1n) is 13.9. The van der Waals surface area contributed by atoms with E-state index in [-0.39, 0.29) is 17.5 Å². The summed E-state index contributed by atoms with van der Waals surface area (Å²) in [4.78, 5) is 12.7. The first-order chi connectivity index (χ1) is 15.9. The van der Waals surface area contributed by atoms with Gasteiger partial charge >= 0.3 is 5.97 Å². The van der Waals surface area contributed by atoms with Gasteiger partial charge in [0, 0.05) is 11.8 Å². The first-order valence-corrected chi connectivity index (χ1v) is 13.9. The first kappa shape index (κ1) is 24.6. The topological polar surface area (TPSA) is 46.5 Å². The Morgan fingerprint density at radius 3 is 2.55 bits per heavy atom. The average Bonchev–Trinajstić information content (AvgIpc) is 3.11. The molecule has 0 bridgehead atoms. The van der Waals surface area contributed by atoms with Crippen molar-refractivity contribution in [1.29, 1.82) is 0 Å². The number of hydrogen-bond donors (Lipinski definition) is 1. The smallest absolute Gasteiger partial charge is 0.306 e. The number of phenols is 1. The number of benzene rings is 1. The van der Waals surface area contributed by atoms with Crippen LogP contribution in [0.1, 0.15) is 121 Å². The zero-order valence-electron chi connectivity index (χ0n) is 21.3. The number of hydrogen-bond acceptors (Lipinski definition) is 3. The van der Waals surface area contributed by atoms with Gasteiger partial charge in [-0.2, -0.15) is 0 Å². The van der Waals surface area contributed by atoms with Crippen molar-refractivity contribution in [2.24, 2.45) is 23.2 Å². The van der Waals surface area contributed by atoms with Crippen molar-refractivity contribution in [3.05, 3.63) is 29.3 Å². The molecular weight excluding hydrogens is 408 g/mol. The van der Waals surface area contributed by atoms with Crippen LogP contribution >= 0.6 is 0 Å². The van der Waals surface area contributed by atoms with Crippen LogP contribution in [0.5, 0.6) is 5.75 Å². The molecule has 2 fully saturated rings. The SMILES string of the molecule is CCCCCCCCCCC(=O)O[C@H]1CCC2C3C(CC[C@@]21C)c1ccc(O)cc1C[C@H]3C. The van der Waals surface area contributed by atoms with Crippen molar-refractivity contribution in [3.8, 4) is 5.75 Å². The molecule has 184 valence electrons. The van der Waals surface area contributed by atoms with E-state index >= 15 is 0 Å². The highest BCUT2D eigenvalue weighted by Crippen LogP contribution is 2.62. The van der Waals surface area contributed by atoms with Crippen molar-refractivity contribution in [1.82, 2.24) is 0 Å². The third-order valence-electron chi connectivity index (χ3n) is 9.48. The maximum Gasteiger partial charge on any atom is 0.306 e. The van der Waals surface area contributed by atoms with E-state index < -0.39 is 0 Å². The molecule has 4 rings (SSSR count). The maximum atomic E-state index is 12.7. The molecule has 6 atom stereocenters. The second-order valence-electron chi connectivity index (χ2n) is 11.7. The molecule has 3 nitrogen and oxygen atoms in total. The largest absolute Gasteiger partial charge is 0.508 e. The summed E-state index contributed by atoms with van der Waals surface area (Å²) in [5.41, 5.74) is 2.94. The summed E-state index contributed by atoms with van der Waals surface area (Å²) in [6.45, 7) is 7.07. The summed E-state index contributed by atoms with van der Waals surface area (Å²) < 4.78 is 6.17. The van der Waals surface area contributed by atoms with Crippen LogP contribution in [0.3, 0.4) is 0 Å². The second kappa shape index (κ2) is 10.8. The lowest BCUT2D eigenvalue weighted by Crippen LogP contribution is -2.47. The fraction of sp³-hybridized carbons (Fsp3) is 0.767. The Balaban J connectivity index is 1.30. The lowest BCUT2D eigenvalue weighted by atomic mass is 9.53. The van der Waals surface area contributed by atoms with Gasteiger partial charge in [-0.3, -0.25) is 4.79 Å². The van der Waals surface area contributed by atoms with Crippen LogP contribution in [-0.2, 0) is 16.0 Å². The van der Waals surface area contributed by atoms with E-state index in [0.29, 0.717) is 35.8 Å². The fourth-order valence-electron chi connectivity index (χ4n) is 7.73. The van der Waals surface area contributed by atoms with Crippen LogP contribution < -0.4 is 0 Å². The number of ether oxygens (including phenoxy) is 1. The van der Waals surface area contributed by atoms with Crippen molar-refractivity contribution in [3.63, 3.8) is 0 Å². The Hall–Kier alpha value is -1.51. The Kier molecular flexibility index (Phi) is 8.07. The Labute approximate surface area is 201 Å². The molecule has 0 saturated heterocycles. The number of unbranched alkanes of at least 4 members (excludes halogenated alkanes) is 7. The van der Waals surface area contributed by atoms with Gasteiger partial charge in [-0.1, -0.05) is 71.8 Å². The molecule has 3 aliphatic carbocycles. The molecule has 3 unspecified atom stereocenters. The highest BCUT2D eigenvalue weighted by Gasteiger charge is 2.57. The number of phenolic OH excluding ortho intramolecular Hbond substituents is 1. The van der Waals surface area contributed by atoms with E-state index in [9.17, 15) is 9.90 Å². The van der Waals surface area contributed by atoms with Gasteiger partial charge in [0.1, 0.15) is 11.9 Å². The lowest BCUT2D eigenvalue weighted by molar-refractivity contribution is -0.158. The van der Waals surface area contributed by atoms with Gasteiger partial charge in [-0.15, -0.1) is 0 Å². The number of carbonyl (C=O) groups is 1. The van der Waals surface area contributed by atoms with Crippen LogP contribution in [-0.4, -0.2) is 17.2 Å². The zero-order chi connectivity index (χ0) is 23.4.